The first-order valence-electron chi connectivity index (χ1n) is 7.88. The lowest BCUT2D eigenvalue weighted by molar-refractivity contribution is 0.653. The molecule has 0 aliphatic rings. The second-order valence-corrected chi connectivity index (χ2v) is 6.22. The van der Waals surface area contributed by atoms with Crippen molar-refractivity contribution in [1.29, 1.82) is 0 Å². The van der Waals surface area contributed by atoms with Gasteiger partial charge in [-0.15, -0.1) is 0 Å². The van der Waals surface area contributed by atoms with Crippen LogP contribution in [0.15, 0.2) is 53.1 Å². The van der Waals surface area contributed by atoms with E-state index < -0.39 is 0 Å². The van der Waals surface area contributed by atoms with E-state index in [2.05, 4.69) is 54.1 Å². The monoisotopic (exact) mass is 302 g/mol. The van der Waals surface area contributed by atoms with E-state index in [1.807, 2.05) is 25.3 Å². The van der Waals surface area contributed by atoms with E-state index in [-0.39, 0.29) is 0 Å². The number of benzene rings is 1. The molecule has 0 amide bonds. The molecule has 0 spiro atoms. The average Bonchev–Trinajstić information content (AvgIpc) is 2.92. The van der Waals surface area contributed by atoms with Gasteiger partial charge >= 0.3 is 0 Å². The Hall–Kier alpha value is -2.68. The molecule has 23 heavy (non-hydrogen) atoms. The summed E-state index contributed by atoms with van der Waals surface area (Å²) in [6, 6.07) is 14.5. The van der Waals surface area contributed by atoms with Gasteiger partial charge in [0.15, 0.2) is 0 Å². The maximum Gasteiger partial charge on any atom is 0.227 e. The highest BCUT2D eigenvalue weighted by molar-refractivity contribution is 6.08. The number of aromatic nitrogens is 2. The summed E-state index contributed by atoms with van der Waals surface area (Å²) in [5, 5.41) is 2.13. The molecule has 0 saturated carbocycles. The smallest absolute Gasteiger partial charge is 0.227 e. The van der Waals surface area contributed by atoms with Gasteiger partial charge in [-0.25, -0.2) is 4.98 Å². The van der Waals surface area contributed by atoms with Gasteiger partial charge in [-0.3, -0.25) is 4.98 Å². The van der Waals surface area contributed by atoms with E-state index in [9.17, 15) is 0 Å². The van der Waals surface area contributed by atoms with Gasteiger partial charge < -0.3 is 4.42 Å². The van der Waals surface area contributed by atoms with Gasteiger partial charge in [0.25, 0.3) is 0 Å². The first-order chi connectivity index (χ1) is 11.1. The molecule has 0 bridgehead atoms. The Balaban J connectivity index is 1.94. The molecular weight excluding hydrogens is 284 g/mol. The number of fused-ring (bicyclic) bond motifs is 3. The van der Waals surface area contributed by atoms with Crippen LogP contribution in [0.5, 0.6) is 0 Å². The third-order valence-electron chi connectivity index (χ3n) is 4.23. The van der Waals surface area contributed by atoms with Crippen molar-refractivity contribution in [2.24, 2.45) is 0 Å². The number of rotatable bonds is 2. The van der Waals surface area contributed by atoms with Crippen molar-refractivity contribution in [3.8, 4) is 11.3 Å². The first kappa shape index (κ1) is 13.9. The van der Waals surface area contributed by atoms with Crippen LogP contribution in [-0.2, 0) is 0 Å². The SMILES string of the molecule is Cc1ccc2c(n1)oc1c(-c3ccc(C(C)C)cn3)cccc12. The van der Waals surface area contributed by atoms with Crippen molar-refractivity contribution in [2.45, 2.75) is 26.7 Å². The molecule has 4 rings (SSSR count). The fourth-order valence-corrected chi connectivity index (χ4v) is 2.88. The van der Waals surface area contributed by atoms with Crippen LogP contribution in [-0.4, -0.2) is 9.97 Å². The topological polar surface area (TPSA) is 38.9 Å². The van der Waals surface area contributed by atoms with Crippen LogP contribution >= 0.6 is 0 Å². The van der Waals surface area contributed by atoms with Crippen molar-refractivity contribution < 1.29 is 4.42 Å². The zero-order valence-electron chi connectivity index (χ0n) is 13.5. The van der Waals surface area contributed by atoms with Gasteiger partial charge in [-0.2, -0.15) is 0 Å². The Labute approximate surface area is 135 Å². The minimum Gasteiger partial charge on any atom is -0.437 e. The molecule has 3 nitrogen and oxygen atoms in total. The van der Waals surface area contributed by atoms with Gasteiger partial charge in [0.1, 0.15) is 5.58 Å². The Morgan fingerprint density at radius 1 is 0.957 bits per heavy atom. The normalized spacial score (nSPS) is 11.7. The molecule has 0 unspecified atom stereocenters. The molecule has 0 atom stereocenters. The molecule has 0 radical (unpaired) electrons. The van der Waals surface area contributed by atoms with Crippen LogP contribution in [0.4, 0.5) is 0 Å². The van der Waals surface area contributed by atoms with Crippen LogP contribution in [0.2, 0.25) is 0 Å². The van der Waals surface area contributed by atoms with Crippen LogP contribution in [0.25, 0.3) is 33.3 Å². The third-order valence-corrected chi connectivity index (χ3v) is 4.23. The summed E-state index contributed by atoms with van der Waals surface area (Å²) in [5.74, 6) is 0.478. The van der Waals surface area contributed by atoms with E-state index in [4.69, 9.17) is 4.42 Å². The number of furan rings is 1. The molecular formula is C20H18N2O. The molecule has 0 saturated heterocycles. The quantitative estimate of drug-likeness (QED) is 0.492. The van der Waals surface area contributed by atoms with Crippen molar-refractivity contribution in [3.05, 3.63) is 59.9 Å². The van der Waals surface area contributed by atoms with Gasteiger partial charge in [0.2, 0.25) is 5.71 Å². The second kappa shape index (κ2) is 5.20. The summed E-state index contributed by atoms with van der Waals surface area (Å²) < 4.78 is 6.05. The highest BCUT2D eigenvalue weighted by atomic mass is 16.3. The maximum atomic E-state index is 6.05. The Kier molecular flexibility index (Phi) is 3.15. The maximum absolute atomic E-state index is 6.05. The molecule has 3 heteroatoms. The molecule has 0 fully saturated rings. The Bertz CT molecular complexity index is 997. The molecule has 4 aromatic rings. The lowest BCUT2D eigenvalue weighted by atomic mass is 10.0. The van der Waals surface area contributed by atoms with Crippen molar-refractivity contribution in [1.82, 2.24) is 9.97 Å². The minimum absolute atomic E-state index is 0.478. The van der Waals surface area contributed by atoms with Crippen LogP contribution in [0.3, 0.4) is 0 Å². The van der Waals surface area contributed by atoms with Crippen molar-refractivity contribution >= 4 is 22.1 Å². The van der Waals surface area contributed by atoms with Gasteiger partial charge in [0.05, 0.1) is 5.69 Å². The number of hydrogen-bond acceptors (Lipinski definition) is 3. The lowest BCUT2D eigenvalue weighted by Crippen LogP contribution is -1.90. The summed E-state index contributed by atoms with van der Waals surface area (Å²) in [5.41, 5.74) is 5.67. The van der Waals surface area contributed by atoms with Crippen LogP contribution < -0.4 is 0 Å². The number of hydrogen-bond donors (Lipinski definition) is 0. The zero-order chi connectivity index (χ0) is 16.0. The van der Waals surface area contributed by atoms with E-state index >= 15 is 0 Å². The highest BCUT2D eigenvalue weighted by Gasteiger charge is 2.13. The van der Waals surface area contributed by atoms with E-state index in [0.717, 1.165) is 33.3 Å². The number of nitrogens with zero attached hydrogens (tertiary/aromatic N) is 2. The molecule has 0 N–H and O–H groups in total. The fourth-order valence-electron chi connectivity index (χ4n) is 2.88. The molecule has 0 aliphatic heterocycles. The van der Waals surface area contributed by atoms with E-state index in [1.165, 1.54) is 5.56 Å². The van der Waals surface area contributed by atoms with Gasteiger partial charge in [-0.1, -0.05) is 32.0 Å². The number of aryl methyl sites for hydroxylation is 1. The largest absolute Gasteiger partial charge is 0.437 e. The molecule has 0 aliphatic carbocycles. The number of pyridine rings is 2. The molecule has 1 aromatic carbocycles. The molecule has 114 valence electrons. The van der Waals surface area contributed by atoms with Gasteiger partial charge in [0, 0.05) is 28.2 Å². The van der Waals surface area contributed by atoms with Crippen molar-refractivity contribution in [3.63, 3.8) is 0 Å². The number of para-hydroxylation sites is 1. The molecule has 3 heterocycles. The van der Waals surface area contributed by atoms with Crippen LogP contribution in [0.1, 0.15) is 31.0 Å². The fraction of sp³-hybridized carbons (Fsp3) is 0.200. The van der Waals surface area contributed by atoms with Crippen molar-refractivity contribution in [2.75, 3.05) is 0 Å². The van der Waals surface area contributed by atoms with Gasteiger partial charge in [-0.05, 0) is 42.7 Å². The summed E-state index contributed by atoms with van der Waals surface area (Å²) in [7, 11) is 0. The predicted octanol–water partition coefficient (Wildman–Crippen LogP) is 5.47. The predicted molar refractivity (Wildman–Crippen MR) is 93.6 cm³/mol. The lowest BCUT2D eigenvalue weighted by Gasteiger charge is -2.06. The van der Waals surface area contributed by atoms with E-state index in [0.29, 0.717) is 11.6 Å². The minimum atomic E-state index is 0.478. The Morgan fingerprint density at radius 3 is 2.57 bits per heavy atom. The average molecular weight is 302 g/mol. The third kappa shape index (κ3) is 2.29. The Morgan fingerprint density at radius 2 is 1.83 bits per heavy atom. The summed E-state index contributed by atoms with van der Waals surface area (Å²) in [6.45, 7) is 6.31. The standard InChI is InChI=1S/C20H18N2O/c1-12(2)14-8-10-18(21-11-14)17-6-4-5-15-16-9-7-13(3)22-20(16)23-19(15)17/h4-12H,1-3H3. The first-order valence-corrected chi connectivity index (χ1v) is 7.88. The summed E-state index contributed by atoms with van der Waals surface area (Å²) in [4.78, 5) is 9.13. The molecule has 3 aromatic heterocycles. The highest BCUT2D eigenvalue weighted by Crippen LogP contribution is 2.34. The second-order valence-electron chi connectivity index (χ2n) is 6.22. The van der Waals surface area contributed by atoms with E-state index in [1.54, 1.807) is 0 Å². The summed E-state index contributed by atoms with van der Waals surface area (Å²) >= 11 is 0. The summed E-state index contributed by atoms with van der Waals surface area (Å²) in [6.07, 6.45) is 1.95. The van der Waals surface area contributed by atoms with Crippen LogP contribution in [0, 0.1) is 6.92 Å². The zero-order valence-corrected chi connectivity index (χ0v) is 13.5.